The minimum Gasteiger partial charge on any atom is -0.395 e. The van der Waals surface area contributed by atoms with Crippen molar-refractivity contribution in [2.24, 2.45) is 5.41 Å². The van der Waals surface area contributed by atoms with E-state index in [1.807, 2.05) is 0 Å². The van der Waals surface area contributed by atoms with Gasteiger partial charge in [-0.15, -0.1) is 0 Å². The zero-order valence-electron chi connectivity index (χ0n) is 11.7. The molecule has 0 aromatic carbocycles. The number of hydrogen-bond acceptors (Lipinski definition) is 3. The van der Waals surface area contributed by atoms with E-state index in [9.17, 15) is 5.11 Å². The van der Waals surface area contributed by atoms with Crippen LogP contribution in [0.4, 0.5) is 0 Å². The maximum Gasteiger partial charge on any atom is 0.0585 e. The summed E-state index contributed by atoms with van der Waals surface area (Å²) in [5.74, 6) is 0. The van der Waals surface area contributed by atoms with Gasteiger partial charge in [0.05, 0.1) is 6.61 Å². The van der Waals surface area contributed by atoms with Crippen LogP contribution >= 0.6 is 0 Å². The molecule has 0 heterocycles. The van der Waals surface area contributed by atoms with Crippen molar-refractivity contribution in [3.05, 3.63) is 0 Å². The van der Waals surface area contributed by atoms with Gasteiger partial charge in [0.1, 0.15) is 0 Å². The van der Waals surface area contributed by atoms with Crippen molar-refractivity contribution in [2.45, 2.75) is 64.5 Å². The Bertz CT molecular complexity index is 206. The summed E-state index contributed by atoms with van der Waals surface area (Å²) < 4.78 is 5.07. The van der Waals surface area contributed by atoms with E-state index in [0.717, 1.165) is 13.0 Å². The largest absolute Gasteiger partial charge is 0.395 e. The quantitative estimate of drug-likeness (QED) is 0.704. The molecule has 102 valence electrons. The van der Waals surface area contributed by atoms with E-state index in [4.69, 9.17) is 4.74 Å². The van der Waals surface area contributed by atoms with Crippen molar-refractivity contribution in [2.75, 3.05) is 20.3 Å². The van der Waals surface area contributed by atoms with E-state index in [0.29, 0.717) is 11.5 Å². The van der Waals surface area contributed by atoms with E-state index in [1.54, 1.807) is 7.11 Å². The number of nitrogens with one attached hydrogen (secondary N) is 1. The van der Waals surface area contributed by atoms with Gasteiger partial charge >= 0.3 is 0 Å². The predicted molar refractivity (Wildman–Crippen MR) is 71.2 cm³/mol. The minimum atomic E-state index is 0.196. The van der Waals surface area contributed by atoms with Gasteiger partial charge in [0.2, 0.25) is 0 Å². The van der Waals surface area contributed by atoms with Gasteiger partial charge in [0.15, 0.2) is 0 Å². The normalized spacial score (nSPS) is 26.5. The van der Waals surface area contributed by atoms with E-state index >= 15 is 0 Å². The molecule has 1 saturated carbocycles. The van der Waals surface area contributed by atoms with E-state index in [1.165, 1.54) is 32.1 Å². The van der Waals surface area contributed by atoms with Gasteiger partial charge in [-0.1, -0.05) is 20.3 Å². The molecule has 1 rings (SSSR count). The number of aliphatic hydroxyl groups is 1. The monoisotopic (exact) mass is 243 g/mol. The second-order valence-electron chi connectivity index (χ2n) is 6.12. The predicted octanol–water partition coefficient (Wildman–Crippen LogP) is 2.33. The highest BCUT2D eigenvalue weighted by Gasteiger charge is 2.25. The van der Waals surface area contributed by atoms with Crippen LogP contribution in [0.5, 0.6) is 0 Å². The highest BCUT2D eigenvalue weighted by molar-refractivity contribution is 4.81. The average molecular weight is 243 g/mol. The maximum absolute atomic E-state index is 9.34. The average Bonchev–Trinajstić information content (AvgIpc) is 2.46. The van der Waals surface area contributed by atoms with Crippen LogP contribution in [0.2, 0.25) is 0 Å². The highest BCUT2D eigenvalue weighted by atomic mass is 16.5. The second kappa shape index (κ2) is 7.34. The molecular formula is C14H29NO2. The highest BCUT2D eigenvalue weighted by Crippen LogP contribution is 2.33. The molecule has 17 heavy (non-hydrogen) atoms. The molecule has 2 unspecified atom stereocenters. The van der Waals surface area contributed by atoms with E-state index < -0.39 is 0 Å². The molecule has 3 nitrogen and oxygen atoms in total. The van der Waals surface area contributed by atoms with Gasteiger partial charge in [0, 0.05) is 25.8 Å². The van der Waals surface area contributed by atoms with Crippen molar-refractivity contribution in [1.29, 1.82) is 0 Å². The van der Waals surface area contributed by atoms with Crippen LogP contribution in [0, 0.1) is 5.41 Å². The van der Waals surface area contributed by atoms with Gasteiger partial charge < -0.3 is 15.2 Å². The summed E-state index contributed by atoms with van der Waals surface area (Å²) in [7, 11) is 1.71. The third kappa shape index (κ3) is 5.84. The Hall–Kier alpha value is -0.120. The molecule has 1 aliphatic rings. The molecule has 0 radical (unpaired) electrons. The minimum absolute atomic E-state index is 0.196. The van der Waals surface area contributed by atoms with Crippen molar-refractivity contribution in [3.63, 3.8) is 0 Å². The lowest BCUT2D eigenvalue weighted by atomic mass is 9.85. The summed E-state index contributed by atoms with van der Waals surface area (Å²) in [4.78, 5) is 0. The first-order chi connectivity index (χ1) is 8.07. The Morgan fingerprint density at radius 1 is 1.35 bits per heavy atom. The molecule has 0 aliphatic heterocycles. The standard InChI is InChI=1S/C14H29NO2/c1-14(2)8-4-5-12(6-9-14)15-13(11-16)7-10-17-3/h12-13,15-16H,4-11H2,1-3H3. The van der Waals surface area contributed by atoms with Crippen LogP contribution in [-0.2, 0) is 4.74 Å². The summed E-state index contributed by atoms with van der Waals surface area (Å²) in [6, 6.07) is 0.770. The van der Waals surface area contributed by atoms with Crippen LogP contribution in [0.1, 0.15) is 52.4 Å². The summed E-state index contributed by atoms with van der Waals surface area (Å²) in [5, 5.41) is 12.9. The van der Waals surface area contributed by atoms with E-state index in [2.05, 4.69) is 19.2 Å². The number of aliphatic hydroxyl groups excluding tert-OH is 1. The summed E-state index contributed by atoms with van der Waals surface area (Å²) >= 11 is 0. The molecule has 0 aromatic heterocycles. The Morgan fingerprint density at radius 3 is 2.76 bits per heavy atom. The van der Waals surface area contributed by atoms with Gasteiger partial charge in [-0.25, -0.2) is 0 Å². The summed E-state index contributed by atoms with van der Waals surface area (Å²) in [6.45, 7) is 5.66. The third-order valence-electron chi connectivity index (χ3n) is 3.94. The van der Waals surface area contributed by atoms with Crippen molar-refractivity contribution in [3.8, 4) is 0 Å². The first-order valence-corrected chi connectivity index (χ1v) is 6.93. The SMILES string of the molecule is COCCC(CO)NC1CCCC(C)(C)CC1. The van der Waals surface area contributed by atoms with Crippen molar-refractivity contribution < 1.29 is 9.84 Å². The van der Waals surface area contributed by atoms with Gasteiger partial charge in [-0.3, -0.25) is 0 Å². The lowest BCUT2D eigenvalue weighted by Gasteiger charge is -2.25. The van der Waals surface area contributed by atoms with Gasteiger partial charge in [-0.05, 0) is 37.5 Å². The number of hydrogen-bond donors (Lipinski definition) is 2. The Morgan fingerprint density at radius 2 is 2.12 bits per heavy atom. The molecule has 2 N–H and O–H groups in total. The smallest absolute Gasteiger partial charge is 0.0585 e. The fourth-order valence-corrected chi connectivity index (χ4v) is 2.65. The molecule has 0 saturated heterocycles. The fourth-order valence-electron chi connectivity index (χ4n) is 2.65. The van der Waals surface area contributed by atoms with Crippen molar-refractivity contribution in [1.82, 2.24) is 5.32 Å². The zero-order chi connectivity index (χ0) is 12.7. The van der Waals surface area contributed by atoms with Crippen LogP contribution < -0.4 is 5.32 Å². The molecule has 1 fully saturated rings. The summed E-state index contributed by atoms with van der Waals surface area (Å²) in [6.07, 6.45) is 7.28. The van der Waals surface area contributed by atoms with Crippen LogP contribution in [0.25, 0.3) is 0 Å². The molecule has 0 aromatic rings. The third-order valence-corrected chi connectivity index (χ3v) is 3.94. The fraction of sp³-hybridized carbons (Fsp3) is 1.00. The lowest BCUT2D eigenvalue weighted by molar-refractivity contribution is 0.153. The topological polar surface area (TPSA) is 41.5 Å². The molecule has 0 bridgehead atoms. The van der Waals surface area contributed by atoms with Crippen molar-refractivity contribution >= 4 is 0 Å². The molecule has 0 amide bonds. The van der Waals surface area contributed by atoms with Crippen LogP contribution in [0.15, 0.2) is 0 Å². The van der Waals surface area contributed by atoms with Gasteiger partial charge in [-0.2, -0.15) is 0 Å². The number of ether oxygens (including phenoxy) is 1. The molecule has 3 heteroatoms. The Labute approximate surface area is 106 Å². The van der Waals surface area contributed by atoms with Crippen LogP contribution in [0.3, 0.4) is 0 Å². The second-order valence-corrected chi connectivity index (χ2v) is 6.12. The molecular weight excluding hydrogens is 214 g/mol. The lowest BCUT2D eigenvalue weighted by Crippen LogP contribution is -2.41. The van der Waals surface area contributed by atoms with Crippen LogP contribution in [-0.4, -0.2) is 37.5 Å². The molecule has 2 atom stereocenters. The first-order valence-electron chi connectivity index (χ1n) is 6.93. The Balaban J connectivity index is 2.34. The summed E-state index contributed by atoms with van der Waals surface area (Å²) in [5.41, 5.74) is 0.498. The molecule has 1 aliphatic carbocycles. The zero-order valence-corrected chi connectivity index (χ0v) is 11.7. The number of rotatable bonds is 6. The maximum atomic E-state index is 9.34. The first kappa shape index (κ1) is 14.9. The number of methoxy groups -OCH3 is 1. The van der Waals surface area contributed by atoms with Gasteiger partial charge in [0.25, 0.3) is 0 Å². The Kier molecular flexibility index (Phi) is 6.45. The molecule has 0 spiro atoms. The van der Waals surface area contributed by atoms with E-state index in [-0.39, 0.29) is 12.6 Å².